The largest absolute Gasteiger partial charge is 0.489 e. The van der Waals surface area contributed by atoms with Gasteiger partial charge >= 0.3 is 6.03 Å². The van der Waals surface area contributed by atoms with Crippen molar-refractivity contribution in [2.45, 2.75) is 20.5 Å². The fraction of sp³-hybridized carbons (Fsp3) is 0.100. The van der Waals surface area contributed by atoms with Crippen LogP contribution in [0.2, 0.25) is 0 Å². The van der Waals surface area contributed by atoms with E-state index in [1.54, 1.807) is 24.3 Å². The van der Waals surface area contributed by atoms with Gasteiger partial charge < -0.3 is 9.30 Å². The van der Waals surface area contributed by atoms with Crippen LogP contribution in [0.3, 0.4) is 0 Å². The number of aryl methyl sites for hydroxylation is 1. The molecular weight excluding hydrogens is 626 g/mol. The van der Waals surface area contributed by atoms with Crippen LogP contribution in [0, 0.1) is 13.8 Å². The zero-order valence-corrected chi connectivity index (χ0v) is 24.2. The van der Waals surface area contributed by atoms with Gasteiger partial charge in [-0.25, -0.2) is 9.69 Å². The van der Waals surface area contributed by atoms with Crippen molar-refractivity contribution >= 4 is 61.5 Å². The number of ether oxygens (including phenoxy) is 1. The van der Waals surface area contributed by atoms with Crippen LogP contribution in [0.5, 0.6) is 5.75 Å². The maximum absolute atomic E-state index is 13.3. The van der Waals surface area contributed by atoms with Crippen molar-refractivity contribution in [1.82, 2.24) is 9.88 Å². The average molecular weight is 649 g/mol. The summed E-state index contributed by atoms with van der Waals surface area (Å²) >= 11 is 6.78. The van der Waals surface area contributed by atoms with Crippen LogP contribution in [0.25, 0.3) is 11.8 Å². The summed E-state index contributed by atoms with van der Waals surface area (Å²) in [5.41, 5.74) is 4.70. The monoisotopic (exact) mass is 647 g/mol. The molecule has 1 aromatic heterocycles. The normalized spacial score (nSPS) is 14.6. The van der Waals surface area contributed by atoms with Gasteiger partial charge in [-0.3, -0.25) is 14.9 Å². The summed E-state index contributed by atoms with van der Waals surface area (Å²) in [4.78, 5) is 39.4. The molecule has 196 valence electrons. The first-order valence-corrected chi connectivity index (χ1v) is 13.6. The third-order valence-corrected chi connectivity index (χ3v) is 7.43. The minimum Gasteiger partial charge on any atom is -0.489 e. The van der Waals surface area contributed by atoms with Gasteiger partial charge in [-0.2, -0.15) is 0 Å². The Balaban J connectivity index is 1.39. The number of carbonyl (C=O) groups excluding carboxylic acids is 3. The second kappa shape index (κ2) is 11.0. The van der Waals surface area contributed by atoms with E-state index in [-0.39, 0.29) is 5.57 Å². The number of urea groups is 1. The standard InChI is InChI=1S/C30H23Br2N3O4/c1-18-15-21(16-27-28(36)33-30(38)35(29(27)37)25-9-7-23(32)8-10-25)19(2)34(18)24-11-13-26(14-12-24)39-17-20-3-5-22(31)6-4-20/h3-16H,17H2,1-2H3,(H,33,36,38)/b27-16+. The number of barbiturate groups is 1. The smallest absolute Gasteiger partial charge is 0.335 e. The Morgan fingerprint density at radius 1 is 0.821 bits per heavy atom. The van der Waals surface area contributed by atoms with Crippen molar-refractivity contribution in [2.75, 3.05) is 4.90 Å². The number of benzene rings is 3. The molecule has 1 fully saturated rings. The first-order valence-electron chi connectivity index (χ1n) is 12.0. The molecule has 0 atom stereocenters. The highest BCUT2D eigenvalue weighted by Gasteiger charge is 2.37. The van der Waals surface area contributed by atoms with E-state index in [4.69, 9.17) is 4.74 Å². The molecule has 39 heavy (non-hydrogen) atoms. The van der Waals surface area contributed by atoms with Gasteiger partial charge in [0.15, 0.2) is 0 Å². The predicted molar refractivity (Wildman–Crippen MR) is 157 cm³/mol. The Hall–Kier alpha value is -3.95. The summed E-state index contributed by atoms with van der Waals surface area (Å²) in [6, 6.07) is 23.5. The molecule has 1 aliphatic rings. The van der Waals surface area contributed by atoms with Crippen LogP contribution >= 0.6 is 31.9 Å². The molecule has 0 spiro atoms. The van der Waals surface area contributed by atoms with E-state index >= 15 is 0 Å². The number of rotatable bonds is 6. The Kier molecular flexibility index (Phi) is 7.54. The summed E-state index contributed by atoms with van der Waals surface area (Å²) in [5, 5.41) is 2.27. The lowest BCUT2D eigenvalue weighted by molar-refractivity contribution is -0.122. The van der Waals surface area contributed by atoms with Gasteiger partial charge in [0.25, 0.3) is 11.8 Å². The molecule has 5 rings (SSSR count). The van der Waals surface area contributed by atoms with E-state index in [1.165, 1.54) is 6.08 Å². The Morgan fingerprint density at radius 2 is 1.41 bits per heavy atom. The lowest BCUT2D eigenvalue weighted by Gasteiger charge is -2.26. The van der Waals surface area contributed by atoms with Crippen LogP contribution in [0.1, 0.15) is 22.5 Å². The van der Waals surface area contributed by atoms with Crippen molar-refractivity contribution < 1.29 is 19.1 Å². The Bertz CT molecular complexity index is 1610. The number of amides is 4. The van der Waals surface area contributed by atoms with E-state index < -0.39 is 17.8 Å². The number of anilines is 1. The molecule has 1 saturated heterocycles. The second-order valence-corrected chi connectivity index (χ2v) is 10.8. The molecule has 0 bridgehead atoms. The summed E-state index contributed by atoms with van der Waals surface area (Å²) in [6.45, 7) is 4.33. The Labute approximate surface area is 242 Å². The first kappa shape index (κ1) is 26.6. The quantitative estimate of drug-likeness (QED) is 0.183. The molecule has 4 aromatic rings. The SMILES string of the molecule is Cc1cc(/C=C2\C(=O)NC(=O)N(c3ccc(Br)cc3)C2=O)c(C)n1-c1ccc(OCc2ccc(Br)cc2)cc1. The maximum Gasteiger partial charge on any atom is 0.335 e. The van der Waals surface area contributed by atoms with Gasteiger partial charge in [0.05, 0.1) is 5.69 Å². The van der Waals surface area contributed by atoms with Crippen LogP contribution in [0.15, 0.2) is 93.4 Å². The fourth-order valence-electron chi connectivity index (χ4n) is 4.41. The highest BCUT2D eigenvalue weighted by molar-refractivity contribution is 9.10. The van der Waals surface area contributed by atoms with Crippen LogP contribution in [0.4, 0.5) is 10.5 Å². The maximum atomic E-state index is 13.3. The van der Waals surface area contributed by atoms with Crippen LogP contribution in [-0.2, 0) is 16.2 Å². The predicted octanol–water partition coefficient (Wildman–Crippen LogP) is 6.86. The number of hydrogen-bond acceptors (Lipinski definition) is 4. The van der Waals surface area contributed by atoms with E-state index in [0.29, 0.717) is 17.9 Å². The number of imide groups is 2. The molecule has 0 aliphatic carbocycles. The van der Waals surface area contributed by atoms with Crippen LogP contribution in [-0.4, -0.2) is 22.4 Å². The highest BCUT2D eigenvalue weighted by atomic mass is 79.9. The van der Waals surface area contributed by atoms with Crippen molar-refractivity contribution in [3.8, 4) is 11.4 Å². The van der Waals surface area contributed by atoms with Crippen molar-refractivity contribution in [3.05, 3.63) is 116 Å². The molecule has 4 amide bonds. The van der Waals surface area contributed by atoms with E-state index in [9.17, 15) is 14.4 Å². The summed E-state index contributed by atoms with van der Waals surface area (Å²) in [6.07, 6.45) is 1.53. The van der Waals surface area contributed by atoms with E-state index in [1.807, 2.05) is 73.0 Å². The molecule has 0 saturated carbocycles. The molecule has 1 N–H and O–H groups in total. The van der Waals surface area contributed by atoms with Gasteiger partial charge in [-0.1, -0.05) is 44.0 Å². The van der Waals surface area contributed by atoms with Gasteiger partial charge in [-0.15, -0.1) is 0 Å². The second-order valence-electron chi connectivity index (χ2n) is 9.01. The molecule has 9 heteroatoms. The molecular formula is C30H23Br2N3O4. The minimum atomic E-state index is -0.780. The minimum absolute atomic E-state index is 0.116. The Morgan fingerprint density at radius 3 is 2.05 bits per heavy atom. The number of nitrogens with zero attached hydrogens (tertiary/aromatic N) is 2. The lowest BCUT2D eigenvalue weighted by Crippen LogP contribution is -2.54. The summed E-state index contributed by atoms with van der Waals surface area (Å²) in [5.74, 6) is -0.660. The van der Waals surface area contributed by atoms with Gasteiger partial charge in [0.2, 0.25) is 0 Å². The molecule has 0 radical (unpaired) electrons. The fourth-order valence-corrected chi connectivity index (χ4v) is 4.94. The number of carbonyl (C=O) groups is 3. The molecule has 0 unspecified atom stereocenters. The van der Waals surface area contributed by atoms with Gasteiger partial charge in [0, 0.05) is 26.0 Å². The number of aromatic nitrogens is 1. The average Bonchev–Trinajstić information content (AvgIpc) is 3.20. The van der Waals surface area contributed by atoms with Gasteiger partial charge in [-0.05, 0) is 97.8 Å². The van der Waals surface area contributed by atoms with Crippen LogP contribution < -0.4 is 15.0 Å². The topological polar surface area (TPSA) is 80.6 Å². The molecule has 2 heterocycles. The zero-order valence-electron chi connectivity index (χ0n) is 21.1. The van der Waals surface area contributed by atoms with Crippen molar-refractivity contribution in [3.63, 3.8) is 0 Å². The van der Waals surface area contributed by atoms with E-state index in [0.717, 1.165) is 42.2 Å². The van der Waals surface area contributed by atoms with Crippen molar-refractivity contribution in [2.24, 2.45) is 0 Å². The van der Waals surface area contributed by atoms with Crippen molar-refractivity contribution in [1.29, 1.82) is 0 Å². The first-order chi connectivity index (χ1) is 18.7. The third kappa shape index (κ3) is 5.60. The number of hydrogen-bond donors (Lipinski definition) is 1. The number of halogens is 2. The van der Waals surface area contributed by atoms with E-state index in [2.05, 4.69) is 37.2 Å². The molecule has 7 nitrogen and oxygen atoms in total. The zero-order chi connectivity index (χ0) is 27.7. The lowest BCUT2D eigenvalue weighted by atomic mass is 10.1. The molecule has 1 aliphatic heterocycles. The summed E-state index contributed by atoms with van der Waals surface area (Å²) in [7, 11) is 0. The number of nitrogens with one attached hydrogen (secondary N) is 1. The molecule has 3 aromatic carbocycles. The van der Waals surface area contributed by atoms with Gasteiger partial charge in [0.1, 0.15) is 17.9 Å². The highest BCUT2D eigenvalue weighted by Crippen LogP contribution is 2.27. The third-order valence-electron chi connectivity index (χ3n) is 6.37. The summed E-state index contributed by atoms with van der Waals surface area (Å²) < 4.78 is 9.78.